The lowest BCUT2D eigenvalue weighted by Gasteiger charge is -2.35. The summed E-state index contributed by atoms with van der Waals surface area (Å²) in [6.45, 7) is 8.84. The van der Waals surface area contributed by atoms with Crippen LogP contribution in [0, 0.1) is 11.8 Å². The van der Waals surface area contributed by atoms with Gasteiger partial charge in [-0.3, -0.25) is 9.69 Å². The zero-order valence-corrected chi connectivity index (χ0v) is 19.0. The largest absolute Gasteiger partial charge is 0.493 e. The first-order valence-electron chi connectivity index (χ1n) is 12.2. The van der Waals surface area contributed by atoms with Crippen LogP contribution in [0.25, 0.3) is 0 Å². The van der Waals surface area contributed by atoms with Gasteiger partial charge >= 0.3 is 0 Å². The molecule has 0 bridgehead atoms. The van der Waals surface area contributed by atoms with E-state index in [0.717, 1.165) is 57.8 Å². The van der Waals surface area contributed by atoms with Crippen LogP contribution >= 0.6 is 0 Å². The van der Waals surface area contributed by atoms with E-state index in [1.165, 1.54) is 44.8 Å². The number of rotatable bonds is 8. The molecule has 172 valence electrons. The van der Waals surface area contributed by atoms with Crippen molar-refractivity contribution in [1.82, 2.24) is 15.1 Å². The van der Waals surface area contributed by atoms with Crippen LogP contribution in [-0.4, -0.2) is 72.3 Å². The minimum Gasteiger partial charge on any atom is -0.493 e. The highest BCUT2D eigenvalue weighted by Crippen LogP contribution is 2.37. The summed E-state index contributed by atoms with van der Waals surface area (Å²) in [5.41, 5.74) is 1.25. The molecule has 0 spiro atoms. The van der Waals surface area contributed by atoms with E-state index in [-0.39, 0.29) is 11.9 Å². The minimum absolute atomic E-state index is 0.0521. The lowest BCUT2D eigenvalue weighted by Crippen LogP contribution is -2.48. The smallest absolute Gasteiger partial charge is 0.217 e. The van der Waals surface area contributed by atoms with Crippen molar-refractivity contribution in [2.24, 2.45) is 11.8 Å². The van der Waals surface area contributed by atoms with Crippen molar-refractivity contribution in [1.29, 1.82) is 0 Å². The third kappa shape index (κ3) is 6.21. The lowest BCUT2D eigenvalue weighted by atomic mass is 9.77. The summed E-state index contributed by atoms with van der Waals surface area (Å²) in [4.78, 5) is 16.5. The first-order valence-corrected chi connectivity index (χ1v) is 12.2. The summed E-state index contributed by atoms with van der Waals surface area (Å²) < 4.78 is 6.19. The number of aliphatic hydroxyl groups is 1. The van der Waals surface area contributed by atoms with Crippen LogP contribution in [0.3, 0.4) is 0 Å². The van der Waals surface area contributed by atoms with Crippen molar-refractivity contribution in [3.63, 3.8) is 0 Å². The Morgan fingerprint density at radius 2 is 1.84 bits per heavy atom. The molecule has 3 fully saturated rings. The van der Waals surface area contributed by atoms with Gasteiger partial charge in [0.1, 0.15) is 5.75 Å². The van der Waals surface area contributed by atoms with Crippen LogP contribution in [0.15, 0.2) is 24.3 Å². The van der Waals surface area contributed by atoms with Gasteiger partial charge in [-0.1, -0.05) is 24.6 Å². The fourth-order valence-electron chi connectivity index (χ4n) is 5.74. The fraction of sp³-hybridized carbons (Fsp3) is 0.720. The highest BCUT2D eigenvalue weighted by molar-refractivity contribution is 5.73. The van der Waals surface area contributed by atoms with Crippen LogP contribution in [-0.2, 0) is 11.3 Å². The summed E-state index contributed by atoms with van der Waals surface area (Å²) in [6, 6.07) is 8.32. The second kappa shape index (κ2) is 10.8. The molecule has 4 atom stereocenters. The average molecular weight is 430 g/mol. The van der Waals surface area contributed by atoms with E-state index >= 15 is 0 Å². The summed E-state index contributed by atoms with van der Waals surface area (Å²) in [6.07, 6.45) is 6.35. The maximum atomic E-state index is 11.4. The van der Waals surface area contributed by atoms with Crippen LogP contribution in [0.5, 0.6) is 5.75 Å². The Labute approximate surface area is 186 Å². The van der Waals surface area contributed by atoms with Gasteiger partial charge in [0.05, 0.1) is 18.8 Å². The Hall–Kier alpha value is -1.63. The molecule has 6 nitrogen and oxygen atoms in total. The molecule has 1 aromatic carbocycles. The number of ether oxygens (including phenoxy) is 1. The average Bonchev–Trinajstić information content (AvgIpc) is 3.14. The number of amides is 1. The maximum Gasteiger partial charge on any atom is 0.217 e. The van der Waals surface area contributed by atoms with Gasteiger partial charge in [-0.2, -0.15) is 0 Å². The van der Waals surface area contributed by atoms with Crippen molar-refractivity contribution in [2.45, 2.75) is 64.1 Å². The van der Waals surface area contributed by atoms with Gasteiger partial charge in [0, 0.05) is 38.7 Å². The Balaban J connectivity index is 1.26. The molecule has 2 aliphatic heterocycles. The van der Waals surface area contributed by atoms with Crippen molar-refractivity contribution in [3.05, 3.63) is 29.8 Å². The molecule has 2 saturated heterocycles. The number of nitrogens with one attached hydrogen (secondary N) is 1. The van der Waals surface area contributed by atoms with Crippen LogP contribution in [0.4, 0.5) is 0 Å². The normalized spacial score (nSPS) is 29.5. The first kappa shape index (κ1) is 22.6. The Morgan fingerprint density at radius 3 is 2.61 bits per heavy atom. The number of likely N-dealkylation sites (tertiary alicyclic amines) is 2. The van der Waals surface area contributed by atoms with Crippen LogP contribution in [0.2, 0.25) is 0 Å². The van der Waals surface area contributed by atoms with Crippen LogP contribution in [0.1, 0.15) is 51.0 Å². The number of carbonyl (C=O) groups excluding carboxylic acids is 1. The zero-order chi connectivity index (χ0) is 21.6. The Morgan fingerprint density at radius 1 is 1.10 bits per heavy atom. The number of piperidine rings is 1. The number of hydrogen-bond acceptors (Lipinski definition) is 5. The molecule has 1 aliphatic carbocycles. The molecule has 0 unspecified atom stereocenters. The van der Waals surface area contributed by atoms with Gasteiger partial charge in [0.25, 0.3) is 0 Å². The quantitative estimate of drug-likeness (QED) is 0.622. The molecule has 1 aromatic rings. The highest BCUT2D eigenvalue weighted by Gasteiger charge is 2.41. The Kier molecular flexibility index (Phi) is 7.86. The first-order chi connectivity index (χ1) is 15.1. The van der Waals surface area contributed by atoms with E-state index in [4.69, 9.17) is 4.74 Å². The molecule has 3 aliphatic rings. The van der Waals surface area contributed by atoms with Gasteiger partial charge < -0.3 is 20.1 Å². The molecule has 31 heavy (non-hydrogen) atoms. The standard InChI is InChI=1S/C25H39N3O3/c1-19(29)26-23-14-21-17-28(18-22(21)15-24(23)30)16-20-8-3-4-9-25(20)31-13-7-12-27-10-5-2-6-11-27/h3-4,8-9,21-24,30H,2,5-7,10-18H2,1H3,(H,26,29)/t21-,22+,23-,24-/m1/s1. The van der Waals surface area contributed by atoms with E-state index in [0.29, 0.717) is 11.8 Å². The van der Waals surface area contributed by atoms with Crippen molar-refractivity contribution < 1.29 is 14.6 Å². The second-order valence-corrected chi connectivity index (χ2v) is 9.77. The van der Waals surface area contributed by atoms with E-state index in [2.05, 4.69) is 39.4 Å². The van der Waals surface area contributed by atoms with E-state index in [1.54, 1.807) is 0 Å². The molecule has 1 saturated carbocycles. The molecule has 4 rings (SSSR count). The lowest BCUT2D eigenvalue weighted by molar-refractivity contribution is -0.121. The van der Waals surface area contributed by atoms with E-state index < -0.39 is 6.10 Å². The number of carbonyl (C=O) groups is 1. The summed E-state index contributed by atoms with van der Waals surface area (Å²) in [7, 11) is 0. The number of fused-ring (bicyclic) bond motifs is 1. The van der Waals surface area contributed by atoms with Crippen molar-refractivity contribution >= 4 is 5.91 Å². The molecule has 6 heteroatoms. The molecule has 2 heterocycles. The molecule has 2 N–H and O–H groups in total. The van der Waals surface area contributed by atoms with Crippen molar-refractivity contribution in [3.8, 4) is 5.75 Å². The molecular formula is C25H39N3O3. The van der Waals surface area contributed by atoms with Gasteiger partial charge in [-0.25, -0.2) is 0 Å². The maximum absolute atomic E-state index is 11.4. The SMILES string of the molecule is CC(=O)N[C@@H]1C[C@@H]2CN(Cc3ccccc3OCCCN3CCCCC3)C[C@@H]2C[C@H]1O. The number of benzene rings is 1. The molecule has 0 radical (unpaired) electrons. The van der Waals surface area contributed by atoms with Gasteiger partial charge in [0.2, 0.25) is 5.91 Å². The number of para-hydroxylation sites is 1. The summed E-state index contributed by atoms with van der Waals surface area (Å²) in [5.74, 6) is 2.01. The number of hydrogen-bond donors (Lipinski definition) is 2. The predicted molar refractivity (Wildman–Crippen MR) is 122 cm³/mol. The second-order valence-electron chi connectivity index (χ2n) is 9.77. The monoisotopic (exact) mass is 429 g/mol. The van der Waals surface area contributed by atoms with Gasteiger partial charge in [0.15, 0.2) is 0 Å². The highest BCUT2D eigenvalue weighted by atomic mass is 16.5. The van der Waals surface area contributed by atoms with E-state index in [1.807, 2.05) is 0 Å². The predicted octanol–water partition coefficient (Wildman–Crippen LogP) is 2.65. The zero-order valence-electron chi connectivity index (χ0n) is 19.0. The van der Waals surface area contributed by atoms with Crippen LogP contribution < -0.4 is 10.1 Å². The summed E-state index contributed by atoms with van der Waals surface area (Å²) >= 11 is 0. The summed E-state index contributed by atoms with van der Waals surface area (Å²) in [5, 5.41) is 13.4. The van der Waals surface area contributed by atoms with Gasteiger partial charge in [-0.15, -0.1) is 0 Å². The molecule has 1 amide bonds. The Bertz CT molecular complexity index is 722. The number of aliphatic hydroxyl groups excluding tert-OH is 1. The number of nitrogens with zero attached hydrogens (tertiary/aromatic N) is 2. The minimum atomic E-state index is -0.430. The third-order valence-electron chi connectivity index (χ3n) is 7.30. The van der Waals surface area contributed by atoms with Crippen molar-refractivity contribution in [2.75, 3.05) is 39.3 Å². The van der Waals surface area contributed by atoms with E-state index in [9.17, 15) is 9.90 Å². The molecular weight excluding hydrogens is 390 g/mol. The van der Waals surface area contributed by atoms with Gasteiger partial charge in [-0.05, 0) is 63.1 Å². The molecule has 0 aromatic heterocycles. The fourth-order valence-corrected chi connectivity index (χ4v) is 5.74. The topological polar surface area (TPSA) is 65.0 Å². The third-order valence-corrected chi connectivity index (χ3v) is 7.30.